The van der Waals surface area contributed by atoms with Crippen molar-refractivity contribution in [3.8, 4) is 0 Å². The maximum atomic E-state index is 10.0. The van der Waals surface area contributed by atoms with Crippen molar-refractivity contribution in [3.63, 3.8) is 0 Å². The molecule has 2 heterocycles. The van der Waals surface area contributed by atoms with Gasteiger partial charge in [0.25, 0.3) is 0 Å². The molecule has 1 aromatic rings. The molecule has 3 atom stereocenters. The lowest BCUT2D eigenvalue weighted by molar-refractivity contribution is -0.0200. The van der Waals surface area contributed by atoms with E-state index in [1.165, 1.54) is 0 Å². The number of aromatic nitrogens is 2. The lowest BCUT2D eigenvalue weighted by Crippen LogP contribution is -2.23. The Hall–Kier alpha value is -0.870. The quantitative estimate of drug-likeness (QED) is 0.763. The lowest BCUT2D eigenvalue weighted by Gasteiger charge is -2.19. The van der Waals surface area contributed by atoms with Crippen LogP contribution in [0.25, 0.3) is 0 Å². The Morgan fingerprint density at radius 2 is 2.50 bits per heavy atom. The highest BCUT2D eigenvalue weighted by atomic mass is 16.5. The molecule has 2 rings (SSSR count). The molecule has 0 amide bonds. The van der Waals surface area contributed by atoms with Crippen LogP contribution in [0.3, 0.4) is 0 Å². The molecule has 4 nitrogen and oxygen atoms in total. The Morgan fingerprint density at radius 1 is 1.71 bits per heavy atom. The summed E-state index contributed by atoms with van der Waals surface area (Å²) in [5.41, 5.74) is 0.700. The van der Waals surface area contributed by atoms with E-state index in [1.807, 2.05) is 19.3 Å². The minimum Gasteiger partial charge on any atom is -0.384 e. The van der Waals surface area contributed by atoms with Gasteiger partial charge in [-0.05, 0) is 18.4 Å². The molecule has 14 heavy (non-hydrogen) atoms. The molecular weight excluding hydrogens is 180 g/mol. The van der Waals surface area contributed by atoms with E-state index in [9.17, 15) is 5.11 Å². The standard InChI is InChI=1S/C10H16N2O2/c1-7-4-6-14-10(7)9(13)8-3-5-12(2)11-8/h3,5,7,9-10,13H,4,6H2,1-2H3. The summed E-state index contributed by atoms with van der Waals surface area (Å²) in [7, 11) is 1.84. The first kappa shape index (κ1) is 9.68. The first-order chi connectivity index (χ1) is 6.68. The summed E-state index contributed by atoms with van der Waals surface area (Å²) in [4.78, 5) is 0. The van der Waals surface area contributed by atoms with Gasteiger partial charge < -0.3 is 9.84 Å². The van der Waals surface area contributed by atoms with Crippen molar-refractivity contribution < 1.29 is 9.84 Å². The van der Waals surface area contributed by atoms with E-state index < -0.39 is 6.10 Å². The average molecular weight is 196 g/mol. The van der Waals surface area contributed by atoms with Gasteiger partial charge in [-0.1, -0.05) is 6.92 Å². The van der Waals surface area contributed by atoms with E-state index in [2.05, 4.69) is 12.0 Å². The van der Waals surface area contributed by atoms with E-state index in [0.29, 0.717) is 11.6 Å². The highest BCUT2D eigenvalue weighted by molar-refractivity contribution is 5.06. The summed E-state index contributed by atoms with van der Waals surface area (Å²) in [5, 5.41) is 14.2. The van der Waals surface area contributed by atoms with Crippen LogP contribution in [0.4, 0.5) is 0 Å². The van der Waals surface area contributed by atoms with Crippen molar-refractivity contribution in [2.75, 3.05) is 6.61 Å². The molecule has 0 bridgehead atoms. The molecule has 0 aliphatic carbocycles. The molecule has 1 fully saturated rings. The van der Waals surface area contributed by atoms with Gasteiger partial charge in [-0.15, -0.1) is 0 Å². The zero-order valence-electron chi connectivity index (χ0n) is 8.55. The molecular formula is C10H16N2O2. The van der Waals surface area contributed by atoms with Gasteiger partial charge in [-0.3, -0.25) is 4.68 Å². The van der Waals surface area contributed by atoms with Crippen LogP contribution in [-0.2, 0) is 11.8 Å². The second-order valence-electron chi connectivity index (χ2n) is 3.96. The third-order valence-electron chi connectivity index (χ3n) is 2.79. The normalized spacial score (nSPS) is 29.4. The molecule has 78 valence electrons. The predicted octanol–water partition coefficient (Wildman–Crippen LogP) is 0.878. The predicted molar refractivity (Wildman–Crippen MR) is 51.7 cm³/mol. The van der Waals surface area contributed by atoms with Crippen LogP contribution < -0.4 is 0 Å². The summed E-state index contributed by atoms with van der Waals surface area (Å²) < 4.78 is 7.18. The maximum absolute atomic E-state index is 10.0. The number of nitrogens with zero attached hydrogens (tertiary/aromatic N) is 2. The summed E-state index contributed by atoms with van der Waals surface area (Å²) in [6.07, 6.45) is 2.17. The van der Waals surface area contributed by atoms with Crippen LogP contribution in [-0.4, -0.2) is 27.6 Å². The van der Waals surface area contributed by atoms with Crippen molar-refractivity contribution in [3.05, 3.63) is 18.0 Å². The fraction of sp³-hybridized carbons (Fsp3) is 0.700. The Morgan fingerprint density at radius 3 is 3.00 bits per heavy atom. The Labute approximate surface area is 83.5 Å². The first-order valence-corrected chi connectivity index (χ1v) is 4.97. The van der Waals surface area contributed by atoms with Gasteiger partial charge in [0.05, 0.1) is 11.8 Å². The monoisotopic (exact) mass is 196 g/mol. The molecule has 0 radical (unpaired) electrons. The molecule has 1 aliphatic rings. The molecule has 1 aliphatic heterocycles. The second kappa shape index (κ2) is 3.71. The molecule has 0 aromatic carbocycles. The number of aliphatic hydroxyl groups is 1. The molecule has 4 heteroatoms. The second-order valence-corrected chi connectivity index (χ2v) is 3.96. The number of aliphatic hydroxyl groups excluding tert-OH is 1. The van der Waals surface area contributed by atoms with Gasteiger partial charge in [0.2, 0.25) is 0 Å². The fourth-order valence-corrected chi connectivity index (χ4v) is 1.88. The molecule has 1 N–H and O–H groups in total. The zero-order chi connectivity index (χ0) is 10.1. The Bertz CT molecular complexity index is 311. The SMILES string of the molecule is CC1CCOC1C(O)c1ccn(C)n1. The van der Waals surface area contributed by atoms with Gasteiger partial charge in [-0.25, -0.2) is 0 Å². The molecule has 0 spiro atoms. The highest BCUT2D eigenvalue weighted by Crippen LogP contribution is 2.30. The van der Waals surface area contributed by atoms with E-state index in [-0.39, 0.29) is 6.10 Å². The van der Waals surface area contributed by atoms with Gasteiger partial charge in [-0.2, -0.15) is 5.10 Å². The van der Waals surface area contributed by atoms with Crippen LogP contribution >= 0.6 is 0 Å². The lowest BCUT2D eigenvalue weighted by atomic mass is 9.98. The van der Waals surface area contributed by atoms with Gasteiger partial charge >= 0.3 is 0 Å². The van der Waals surface area contributed by atoms with E-state index >= 15 is 0 Å². The van der Waals surface area contributed by atoms with Gasteiger partial charge in [0.15, 0.2) is 0 Å². The fourth-order valence-electron chi connectivity index (χ4n) is 1.88. The van der Waals surface area contributed by atoms with Crippen LogP contribution in [0.5, 0.6) is 0 Å². The first-order valence-electron chi connectivity index (χ1n) is 4.97. The van der Waals surface area contributed by atoms with Crippen molar-refractivity contribution >= 4 is 0 Å². The van der Waals surface area contributed by atoms with Gasteiger partial charge in [0.1, 0.15) is 6.10 Å². The van der Waals surface area contributed by atoms with Crippen molar-refractivity contribution in [2.45, 2.75) is 25.6 Å². The van der Waals surface area contributed by atoms with Gasteiger partial charge in [0, 0.05) is 19.9 Å². The molecule has 3 unspecified atom stereocenters. The minimum atomic E-state index is -0.589. The van der Waals surface area contributed by atoms with Crippen LogP contribution in [0.2, 0.25) is 0 Å². The third-order valence-corrected chi connectivity index (χ3v) is 2.79. The Balaban J connectivity index is 2.11. The third kappa shape index (κ3) is 1.67. The average Bonchev–Trinajstić information content (AvgIpc) is 2.73. The maximum Gasteiger partial charge on any atom is 0.124 e. The number of rotatable bonds is 2. The molecule has 1 aromatic heterocycles. The number of ether oxygens (including phenoxy) is 1. The van der Waals surface area contributed by atoms with E-state index in [0.717, 1.165) is 13.0 Å². The van der Waals surface area contributed by atoms with Crippen molar-refractivity contribution in [1.82, 2.24) is 9.78 Å². The molecule has 1 saturated heterocycles. The largest absolute Gasteiger partial charge is 0.384 e. The summed E-state index contributed by atoms with van der Waals surface area (Å²) in [5.74, 6) is 0.409. The summed E-state index contributed by atoms with van der Waals surface area (Å²) in [6.45, 7) is 2.85. The topological polar surface area (TPSA) is 47.3 Å². The van der Waals surface area contributed by atoms with Crippen molar-refractivity contribution in [1.29, 1.82) is 0 Å². The highest BCUT2D eigenvalue weighted by Gasteiger charge is 2.32. The summed E-state index contributed by atoms with van der Waals surface area (Å²) in [6, 6.07) is 1.83. The van der Waals surface area contributed by atoms with Crippen LogP contribution in [0, 0.1) is 5.92 Å². The molecule has 0 saturated carbocycles. The number of aryl methyl sites for hydroxylation is 1. The minimum absolute atomic E-state index is 0.0927. The van der Waals surface area contributed by atoms with E-state index in [1.54, 1.807) is 4.68 Å². The van der Waals surface area contributed by atoms with Crippen molar-refractivity contribution in [2.24, 2.45) is 13.0 Å². The summed E-state index contributed by atoms with van der Waals surface area (Å²) >= 11 is 0. The smallest absolute Gasteiger partial charge is 0.124 e. The van der Waals surface area contributed by atoms with Crippen LogP contribution in [0.15, 0.2) is 12.3 Å². The Kier molecular flexibility index (Phi) is 2.56. The number of hydrogen-bond acceptors (Lipinski definition) is 3. The van der Waals surface area contributed by atoms with Crippen LogP contribution in [0.1, 0.15) is 25.1 Å². The number of hydrogen-bond donors (Lipinski definition) is 1. The zero-order valence-corrected chi connectivity index (χ0v) is 8.55. The van der Waals surface area contributed by atoms with E-state index in [4.69, 9.17) is 4.74 Å².